The van der Waals surface area contributed by atoms with Crippen LogP contribution < -0.4 is 5.73 Å². The highest BCUT2D eigenvalue weighted by Crippen LogP contribution is 2.40. The predicted molar refractivity (Wildman–Crippen MR) is 86.8 cm³/mol. The summed E-state index contributed by atoms with van der Waals surface area (Å²) in [5.41, 5.74) is 6.81. The van der Waals surface area contributed by atoms with Gasteiger partial charge in [0.25, 0.3) is 0 Å². The van der Waals surface area contributed by atoms with Gasteiger partial charge in [0.15, 0.2) is 0 Å². The van der Waals surface area contributed by atoms with E-state index in [4.69, 9.17) is 10.5 Å². The molecule has 1 rings (SSSR count). The first-order chi connectivity index (χ1) is 9.25. The van der Waals surface area contributed by atoms with Gasteiger partial charge in [-0.2, -0.15) is 0 Å². The Morgan fingerprint density at radius 3 is 2.40 bits per heavy atom. The van der Waals surface area contributed by atoms with Crippen molar-refractivity contribution in [1.29, 1.82) is 0 Å². The Morgan fingerprint density at radius 1 is 1.25 bits per heavy atom. The summed E-state index contributed by atoms with van der Waals surface area (Å²) >= 11 is 0. The molecule has 0 radical (unpaired) electrons. The molecule has 2 N–H and O–H groups in total. The number of hydrogen-bond acceptors (Lipinski definition) is 3. The number of hydrogen-bond donors (Lipinski definition) is 1. The lowest BCUT2D eigenvalue weighted by molar-refractivity contribution is 0.0725. The second kappa shape index (κ2) is 7.77. The highest BCUT2D eigenvalue weighted by molar-refractivity contribution is 4.89. The fraction of sp³-hybridized carbons (Fsp3) is 1.00. The van der Waals surface area contributed by atoms with Gasteiger partial charge >= 0.3 is 0 Å². The first kappa shape index (κ1) is 17.9. The third-order valence-corrected chi connectivity index (χ3v) is 5.05. The van der Waals surface area contributed by atoms with Crippen molar-refractivity contribution >= 4 is 0 Å². The average Bonchev–Trinajstić information content (AvgIpc) is 2.34. The SMILES string of the molecule is COCCN(CC1CC(C(C)(C)C)CCC1N)C(C)C. The first-order valence-corrected chi connectivity index (χ1v) is 8.24. The third-order valence-electron chi connectivity index (χ3n) is 5.05. The van der Waals surface area contributed by atoms with E-state index in [-0.39, 0.29) is 0 Å². The van der Waals surface area contributed by atoms with Crippen LogP contribution in [0.25, 0.3) is 0 Å². The maximum absolute atomic E-state index is 6.40. The predicted octanol–water partition coefficient (Wildman–Crippen LogP) is 3.13. The van der Waals surface area contributed by atoms with Crippen molar-refractivity contribution in [3.8, 4) is 0 Å². The number of nitrogens with zero attached hydrogens (tertiary/aromatic N) is 1. The number of methoxy groups -OCH3 is 1. The molecule has 1 saturated carbocycles. The van der Waals surface area contributed by atoms with Gasteiger partial charge in [-0.1, -0.05) is 20.8 Å². The molecule has 3 nitrogen and oxygen atoms in total. The van der Waals surface area contributed by atoms with Crippen LogP contribution in [0.5, 0.6) is 0 Å². The van der Waals surface area contributed by atoms with Crippen molar-refractivity contribution in [2.75, 3.05) is 26.8 Å². The molecule has 1 aliphatic rings. The second-order valence-electron chi connectivity index (χ2n) is 7.88. The lowest BCUT2D eigenvalue weighted by atomic mass is 9.67. The van der Waals surface area contributed by atoms with Gasteiger partial charge in [0, 0.05) is 32.3 Å². The Bertz CT molecular complexity index is 273. The van der Waals surface area contributed by atoms with Gasteiger partial charge in [-0.05, 0) is 50.4 Å². The molecular formula is C17H36N2O. The molecule has 3 heteroatoms. The molecule has 20 heavy (non-hydrogen) atoms. The van der Waals surface area contributed by atoms with Gasteiger partial charge in [-0.25, -0.2) is 0 Å². The van der Waals surface area contributed by atoms with E-state index in [2.05, 4.69) is 39.5 Å². The summed E-state index contributed by atoms with van der Waals surface area (Å²) in [4.78, 5) is 2.53. The standard InChI is InChI=1S/C17H36N2O/c1-13(2)19(9-10-20-6)12-14-11-15(17(3,4)5)7-8-16(14)18/h13-16H,7-12,18H2,1-6H3. The lowest BCUT2D eigenvalue weighted by Gasteiger charge is -2.43. The van der Waals surface area contributed by atoms with E-state index in [1.165, 1.54) is 19.3 Å². The lowest BCUT2D eigenvalue weighted by Crippen LogP contribution is -2.47. The molecule has 120 valence electrons. The highest BCUT2D eigenvalue weighted by atomic mass is 16.5. The van der Waals surface area contributed by atoms with Crippen LogP contribution in [0.2, 0.25) is 0 Å². The average molecular weight is 284 g/mol. The molecular weight excluding hydrogens is 248 g/mol. The summed E-state index contributed by atoms with van der Waals surface area (Å²) in [7, 11) is 1.78. The summed E-state index contributed by atoms with van der Waals surface area (Å²) in [5.74, 6) is 1.44. The van der Waals surface area contributed by atoms with Gasteiger partial charge in [-0.15, -0.1) is 0 Å². The van der Waals surface area contributed by atoms with E-state index in [1.54, 1.807) is 7.11 Å². The summed E-state index contributed by atoms with van der Waals surface area (Å²) in [6.45, 7) is 14.6. The number of ether oxygens (including phenoxy) is 1. The van der Waals surface area contributed by atoms with Crippen LogP contribution in [0.3, 0.4) is 0 Å². The van der Waals surface area contributed by atoms with Crippen molar-refractivity contribution in [1.82, 2.24) is 4.90 Å². The van der Waals surface area contributed by atoms with Crippen molar-refractivity contribution in [3.05, 3.63) is 0 Å². The fourth-order valence-electron chi connectivity index (χ4n) is 3.35. The molecule has 0 aliphatic heterocycles. The van der Waals surface area contributed by atoms with E-state index in [1.807, 2.05) is 0 Å². The van der Waals surface area contributed by atoms with Crippen LogP contribution in [0.15, 0.2) is 0 Å². The van der Waals surface area contributed by atoms with E-state index in [9.17, 15) is 0 Å². The fourth-order valence-corrected chi connectivity index (χ4v) is 3.35. The Hall–Kier alpha value is -0.120. The molecule has 1 aliphatic carbocycles. The van der Waals surface area contributed by atoms with Crippen LogP contribution in [-0.2, 0) is 4.74 Å². The zero-order valence-corrected chi connectivity index (χ0v) is 14.5. The zero-order valence-electron chi connectivity index (χ0n) is 14.5. The van der Waals surface area contributed by atoms with Crippen LogP contribution in [0.4, 0.5) is 0 Å². The molecule has 0 aromatic rings. The van der Waals surface area contributed by atoms with Crippen molar-refractivity contribution < 1.29 is 4.74 Å². The van der Waals surface area contributed by atoms with Gasteiger partial charge in [0.2, 0.25) is 0 Å². The smallest absolute Gasteiger partial charge is 0.0589 e. The third kappa shape index (κ3) is 5.34. The number of nitrogens with two attached hydrogens (primary N) is 1. The van der Waals surface area contributed by atoms with Crippen LogP contribution >= 0.6 is 0 Å². The summed E-state index contributed by atoms with van der Waals surface area (Å²) in [6.07, 6.45) is 3.75. The Morgan fingerprint density at radius 2 is 1.90 bits per heavy atom. The molecule has 3 atom stereocenters. The quantitative estimate of drug-likeness (QED) is 0.814. The van der Waals surface area contributed by atoms with Crippen LogP contribution in [0, 0.1) is 17.3 Å². The highest BCUT2D eigenvalue weighted by Gasteiger charge is 2.35. The minimum absolute atomic E-state index is 0.373. The van der Waals surface area contributed by atoms with Gasteiger partial charge in [-0.3, -0.25) is 4.90 Å². The van der Waals surface area contributed by atoms with Gasteiger partial charge < -0.3 is 10.5 Å². The molecule has 0 heterocycles. The van der Waals surface area contributed by atoms with E-state index in [0.717, 1.165) is 25.6 Å². The van der Waals surface area contributed by atoms with Crippen LogP contribution in [0.1, 0.15) is 53.9 Å². The number of rotatable bonds is 6. The Kier molecular flexibility index (Phi) is 6.96. The molecule has 3 unspecified atom stereocenters. The molecule has 0 aromatic heterocycles. The maximum Gasteiger partial charge on any atom is 0.0589 e. The van der Waals surface area contributed by atoms with E-state index < -0.39 is 0 Å². The molecule has 1 fully saturated rings. The summed E-state index contributed by atoms with van der Waals surface area (Å²) in [5, 5.41) is 0. The summed E-state index contributed by atoms with van der Waals surface area (Å²) < 4.78 is 5.24. The van der Waals surface area contributed by atoms with Gasteiger partial charge in [0.1, 0.15) is 0 Å². The molecule has 0 spiro atoms. The minimum atomic E-state index is 0.373. The van der Waals surface area contributed by atoms with Crippen LogP contribution in [-0.4, -0.2) is 43.8 Å². The summed E-state index contributed by atoms with van der Waals surface area (Å²) in [6, 6.07) is 0.935. The van der Waals surface area contributed by atoms with E-state index in [0.29, 0.717) is 23.4 Å². The Labute approximate surface area is 126 Å². The monoisotopic (exact) mass is 284 g/mol. The molecule has 0 bridgehead atoms. The maximum atomic E-state index is 6.40. The molecule has 0 saturated heterocycles. The van der Waals surface area contributed by atoms with Crippen molar-refractivity contribution in [3.63, 3.8) is 0 Å². The van der Waals surface area contributed by atoms with Crippen molar-refractivity contribution in [2.24, 2.45) is 23.0 Å². The Balaban J connectivity index is 2.61. The van der Waals surface area contributed by atoms with Gasteiger partial charge in [0.05, 0.1) is 6.61 Å². The van der Waals surface area contributed by atoms with E-state index >= 15 is 0 Å². The second-order valence-corrected chi connectivity index (χ2v) is 7.88. The first-order valence-electron chi connectivity index (χ1n) is 8.24. The minimum Gasteiger partial charge on any atom is -0.383 e. The molecule has 0 amide bonds. The largest absolute Gasteiger partial charge is 0.383 e. The zero-order chi connectivity index (χ0) is 15.3. The van der Waals surface area contributed by atoms with Crippen molar-refractivity contribution in [2.45, 2.75) is 66.0 Å². The molecule has 0 aromatic carbocycles. The normalized spacial score (nSPS) is 28.4. The topological polar surface area (TPSA) is 38.5 Å².